The Morgan fingerprint density at radius 2 is 2.38 bits per heavy atom. The van der Waals surface area contributed by atoms with Crippen molar-refractivity contribution in [2.24, 2.45) is 0 Å². The third-order valence-corrected chi connectivity index (χ3v) is 1.97. The van der Waals surface area contributed by atoms with Crippen LogP contribution < -0.4 is 0 Å². The molecule has 0 fully saturated rings. The maximum absolute atomic E-state index is 9.88. The van der Waals surface area contributed by atoms with Crippen molar-refractivity contribution >= 4 is 18.0 Å². The summed E-state index contributed by atoms with van der Waals surface area (Å²) in [5, 5.41) is 0.512. The molecule has 1 atom stereocenters. The first-order valence-corrected chi connectivity index (χ1v) is 3.91. The van der Waals surface area contributed by atoms with Crippen LogP contribution in [0.25, 0.3) is 0 Å². The highest BCUT2D eigenvalue weighted by Gasteiger charge is 1.96. The lowest BCUT2D eigenvalue weighted by atomic mass is 10.4. The standard InChI is InChI=1S/C6H12OS/c1-3-8-6(2)4-5-7/h5-6H,3-4H2,1-2H3/t6-/m0/s1. The van der Waals surface area contributed by atoms with Crippen molar-refractivity contribution in [1.29, 1.82) is 0 Å². The quantitative estimate of drug-likeness (QED) is 0.542. The van der Waals surface area contributed by atoms with Gasteiger partial charge in [0, 0.05) is 11.7 Å². The van der Waals surface area contributed by atoms with Gasteiger partial charge in [-0.05, 0) is 5.75 Å². The Labute approximate surface area is 54.8 Å². The van der Waals surface area contributed by atoms with Crippen LogP contribution in [0.5, 0.6) is 0 Å². The Morgan fingerprint density at radius 3 is 2.75 bits per heavy atom. The molecule has 0 spiro atoms. The van der Waals surface area contributed by atoms with Crippen LogP contribution in [-0.4, -0.2) is 17.3 Å². The zero-order valence-corrected chi connectivity index (χ0v) is 6.20. The summed E-state index contributed by atoms with van der Waals surface area (Å²) in [5.41, 5.74) is 0. The number of hydrogen-bond donors (Lipinski definition) is 0. The maximum atomic E-state index is 9.88. The minimum atomic E-state index is 0.512. The fraction of sp³-hybridized carbons (Fsp3) is 0.833. The average molecular weight is 132 g/mol. The van der Waals surface area contributed by atoms with Crippen molar-refractivity contribution in [3.05, 3.63) is 0 Å². The van der Waals surface area contributed by atoms with E-state index in [0.29, 0.717) is 11.7 Å². The number of thioether (sulfide) groups is 1. The van der Waals surface area contributed by atoms with Gasteiger partial charge in [0.2, 0.25) is 0 Å². The van der Waals surface area contributed by atoms with Crippen LogP contribution in [0.3, 0.4) is 0 Å². The molecule has 0 bridgehead atoms. The molecule has 2 heteroatoms. The third kappa shape index (κ3) is 4.19. The van der Waals surface area contributed by atoms with Crippen molar-refractivity contribution in [1.82, 2.24) is 0 Å². The van der Waals surface area contributed by atoms with E-state index in [1.165, 1.54) is 0 Å². The molecule has 0 aliphatic rings. The van der Waals surface area contributed by atoms with Crippen LogP contribution in [0.4, 0.5) is 0 Å². The predicted molar refractivity (Wildman–Crippen MR) is 38.3 cm³/mol. The van der Waals surface area contributed by atoms with Gasteiger partial charge in [-0.2, -0.15) is 11.8 Å². The molecule has 0 heterocycles. The maximum Gasteiger partial charge on any atom is 0.121 e. The Morgan fingerprint density at radius 1 is 1.75 bits per heavy atom. The van der Waals surface area contributed by atoms with Crippen molar-refractivity contribution in [2.75, 3.05) is 5.75 Å². The molecule has 0 unspecified atom stereocenters. The van der Waals surface area contributed by atoms with Crippen LogP contribution in [0.1, 0.15) is 20.3 Å². The number of aldehydes is 1. The summed E-state index contributed by atoms with van der Waals surface area (Å²) in [6.07, 6.45) is 1.67. The van der Waals surface area contributed by atoms with Crippen LogP contribution >= 0.6 is 11.8 Å². The number of carbonyl (C=O) groups excluding carboxylic acids is 1. The zero-order valence-electron chi connectivity index (χ0n) is 5.39. The predicted octanol–water partition coefficient (Wildman–Crippen LogP) is 1.72. The molecule has 0 aromatic rings. The van der Waals surface area contributed by atoms with Gasteiger partial charge in [0.05, 0.1) is 0 Å². The average Bonchev–Trinajstić information content (AvgIpc) is 1.68. The molecule has 48 valence electrons. The Balaban J connectivity index is 3.03. The lowest BCUT2D eigenvalue weighted by Crippen LogP contribution is -1.95. The van der Waals surface area contributed by atoms with Crippen molar-refractivity contribution in [3.63, 3.8) is 0 Å². The SMILES string of the molecule is CCS[C@@H](C)CC=O. The first-order chi connectivity index (χ1) is 3.81. The topological polar surface area (TPSA) is 17.1 Å². The van der Waals surface area contributed by atoms with Crippen LogP contribution in [0.2, 0.25) is 0 Å². The van der Waals surface area contributed by atoms with E-state index in [-0.39, 0.29) is 0 Å². The number of rotatable bonds is 4. The monoisotopic (exact) mass is 132 g/mol. The minimum Gasteiger partial charge on any atom is -0.303 e. The third-order valence-electron chi connectivity index (χ3n) is 0.879. The summed E-state index contributed by atoms with van der Waals surface area (Å²) in [6.45, 7) is 4.18. The van der Waals surface area contributed by atoms with Crippen LogP contribution in [0, 0.1) is 0 Å². The van der Waals surface area contributed by atoms with Crippen molar-refractivity contribution in [3.8, 4) is 0 Å². The molecule has 0 saturated carbocycles. The molecule has 0 aliphatic heterocycles. The van der Waals surface area contributed by atoms with Gasteiger partial charge in [0.1, 0.15) is 6.29 Å². The molecule has 0 radical (unpaired) electrons. The molecule has 0 N–H and O–H groups in total. The molecule has 0 rings (SSSR count). The Hall–Kier alpha value is 0.0200. The largest absolute Gasteiger partial charge is 0.303 e. The second-order valence-corrected chi connectivity index (χ2v) is 3.38. The number of carbonyl (C=O) groups is 1. The summed E-state index contributed by atoms with van der Waals surface area (Å²) >= 11 is 1.82. The van der Waals surface area contributed by atoms with Crippen molar-refractivity contribution < 1.29 is 4.79 Å². The van der Waals surface area contributed by atoms with E-state index in [2.05, 4.69) is 13.8 Å². The Bertz CT molecular complexity index is 63.5. The molecule has 8 heavy (non-hydrogen) atoms. The molecule has 0 amide bonds. The number of hydrogen-bond acceptors (Lipinski definition) is 2. The summed E-state index contributed by atoms with van der Waals surface area (Å²) in [7, 11) is 0. The lowest BCUT2D eigenvalue weighted by molar-refractivity contribution is -0.107. The molecule has 1 nitrogen and oxygen atoms in total. The van der Waals surface area contributed by atoms with Gasteiger partial charge in [-0.1, -0.05) is 13.8 Å². The van der Waals surface area contributed by atoms with E-state index in [1.807, 2.05) is 11.8 Å². The fourth-order valence-corrected chi connectivity index (χ4v) is 1.27. The van der Waals surface area contributed by atoms with Crippen LogP contribution in [-0.2, 0) is 4.79 Å². The normalized spacial score (nSPS) is 13.2. The minimum absolute atomic E-state index is 0.512. The molecular formula is C6H12OS. The Kier molecular flexibility index (Phi) is 5.18. The highest BCUT2D eigenvalue weighted by molar-refractivity contribution is 7.99. The van der Waals surface area contributed by atoms with Gasteiger partial charge in [0.15, 0.2) is 0 Å². The van der Waals surface area contributed by atoms with Gasteiger partial charge < -0.3 is 4.79 Å². The van der Waals surface area contributed by atoms with E-state index in [9.17, 15) is 4.79 Å². The van der Waals surface area contributed by atoms with E-state index in [4.69, 9.17) is 0 Å². The smallest absolute Gasteiger partial charge is 0.121 e. The summed E-state index contributed by atoms with van der Waals surface area (Å²) in [5.74, 6) is 1.11. The summed E-state index contributed by atoms with van der Waals surface area (Å²) < 4.78 is 0. The summed E-state index contributed by atoms with van der Waals surface area (Å²) in [4.78, 5) is 9.88. The molecule has 0 aromatic heterocycles. The fourth-order valence-electron chi connectivity index (χ4n) is 0.488. The first-order valence-electron chi connectivity index (χ1n) is 2.86. The second kappa shape index (κ2) is 5.16. The van der Waals surface area contributed by atoms with E-state index < -0.39 is 0 Å². The van der Waals surface area contributed by atoms with Gasteiger partial charge in [-0.25, -0.2) is 0 Å². The molecule has 0 aliphatic carbocycles. The second-order valence-electron chi connectivity index (χ2n) is 1.67. The highest BCUT2D eigenvalue weighted by Crippen LogP contribution is 2.10. The van der Waals surface area contributed by atoms with Gasteiger partial charge >= 0.3 is 0 Å². The van der Waals surface area contributed by atoms with Gasteiger partial charge in [-0.15, -0.1) is 0 Å². The molecule has 0 aromatic carbocycles. The lowest BCUT2D eigenvalue weighted by Gasteiger charge is -2.01. The molecular weight excluding hydrogens is 120 g/mol. The van der Waals surface area contributed by atoms with Crippen molar-refractivity contribution in [2.45, 2.75) is 25.5 Å². The molecule has 0 saturated heterocycles. The highest BCUT2D eigenvalue weighted by atomic mass is 32.2. The van der Waals surface area contributed by atoms with E-state index in [0.717, 1.165) is 12.0 Å². The van der Waals surface area contributed by atoms with E-state index in [1.54, 1.807) is 0 Å². The summed E-state index contributed by atoms with van der Waals surface area (Å²) in [6, 6.07) is 0. The zero-order chi connectivity index (χ0) is 6.41. The van der Waals surface area contributed by atoms with Crippen LogP contribution in [0.15, 0.2) is 0 Å². The van der Waals surface area contributed by atoms with Gasteiger partial charge in [-0.3, -0.25) is 0 Å². The van der Waals surface area contributed by atoms with E-state index >= 15 is 0 Å². The first kappa shape index (κ1) is 8.02. The van der Waals surface area contributed by atoms with Gasteiger partial charge in [0.25, 0.3) is 0 Å².